The summed E-state index contributed by atoms with van der Waals surface area (Å²) >= 11 is 0. The van der Waals surface area contributed by atoms with Gasteiger partial charge in [0, 0.05) is 0 Å². The molecule has 0 unspecified atom stereocenters. The molecule has 3 rings (SSSR count). The molecule has 1 N–H and O–H groups in total. The summed E-state index contributed by atoms with van der Waals surface area (Å²) in [6.45, 7) is 2.22. The van der Waals surface area contributed by atoms with Crippen LogP contribution in [0.1, 0.15) is 19.8 Å². The lowest BCUT2D eigenvalue weighted by Crippen LogP contribution is -2.49. The quantitative estimate of drug-likeness (QED) is 0.483. The Morgan fingerprint density at radius 1 is 1.16 bits per heavy atom. The smallest absolute Gasteiger partial charge is 0.243 e. The lowest BCUT2D eigenvalue weighted by molar-refractivity contribution is -0.147. The van der Waals surface area contributed by atoms with Gasteiger partial charge in [0.2, 0.25) is 17.7 Å². The molecule has 3 atom stereocenters. The number of nitrogens with one attached hydrogen (secondary N) is 1. The molecule has 1 saturated heterocycles. The number of hydrogen-bond donors (Lipinski definition) is 1. The van der Waals surface area contributed by atoms with Gasteiger partial charge in [0.05, 0.1) is 18.4 Å². The Kier molecular flexibility index (Phi) is 5.16. The summed E-state index contributed by atoms with van der Waals surface area (Å²) in [6, 6.07) is 8.50. The Morgan fingerprint density at radius 2 is 1.76 bits per heavy atom. The zero-order valence-electron chi connectivity index (χ0n) is 14.2. The van der Waals surface area contributed by atoms with Crippen LogP contribution in [0, 0.1) is 11.8 Å². The molecule has 1 aliphatic carbocycles. The minimum atomic E-state index is -0.803. The molecule has 0 spiro atoms. The summed E-state index contributed by atoms with van der Waals surface area (Å²) in [6.07, 6.45) is 5.01. The molecule has 1 aliphatic heterocycles. The van der Waals surface area contributed by atoms with Gasteiger partial charge in [-0.25, -0.2) is 0 Å². The van der Waals surface area contributed by atoms with E-state index in [1.54, 1.807) is 6.92 Å². The normalized spacial score (nSPS) is 23.3. The van der Waals surface area contributed by atoms with E-state index in [0.717, 1.165) is 10.6 Å². The monoisotopic (exact) mass is 342 g/mol. The molecule has 2 aliphatic rings. The van der Waals surface area contributed by atoms with E-state index >= 15 is 0 Å². The van der Waals surface area contributed by atoms with Crippen molar-refractivity contribution in [2.24, 2.45) is 11.8 Å². The summed E-state index contributed by atoms with van der Waals surface area (Å²) in [7, 11) is 0. The number of carbonyl (C=O) groups excluding carboxylic acids is 3. The van der Waals surface area contributed by atoms with Crippen LogP contribution in [0.5, 0.6) is 5.75 Å². The van der Waals surface area contributed by atoms with Gasteiger partial charge in [-0.2, -0.15) is 0 Å². The molecule has 25 heavy (non-hydrogen) atoms. The second kappa shape index (κ2) is 7.51. The molecule has 1 heterocycles. The average molecular weight is 342 g/mol. The predicted molar refractivity (Wildman–Crippen MR) is 91.6 cm³/mol. The van der Waals surface area contributed by atoms with E-state index in [1.807, 2.05) is 42.5 Å². The van der Waals surface area contributed by atoms with Gasteiger partial charge < -0.3 is 10.1 Å². The van der Waals surface area contributed by atoms with Crippen LogP contribution in [-0.2, 0) is 14.4 Å². The first-order valence-corrected chi connectivity index (χ1v) is 8.57. The van der Waals surface area contributed by atoms with Crippen molar-refractivity contribution in [3.05, 3.63) is 42.5 Å². The number of para-hydroxylation sites is 1. The lowest BCUT2D eigenvalue weighted by atomic mass is 9.85. The minimum Gasteiger partial charge on any atom is -0.492 e. The maximum Gasteiger partial charge on any atom is 0.243 e. The molecule has 3 amide bonds. The van der Waals surface area contributed by atoms with Crippen molar-refractivity contribution in [3.63, 3.8) is 0 Å². The highest BCUT2D eigenvalue weighted by atomic mass is 16.5. The molecule has 6 heteroatoms. The molecule has 1 aromatic carbocycles. The van der Waals surface area contributed by atoms with Crippen molar-refractivity contribution in [1.82, 2.24) is 10.2 Å². The van der Waals surface area contributed by atoms with Gasteiger partial charge >= 0.3 is 0 Å². The van der Waals surface area contributed by atoms with E-state index in [0.29, 0.717) is 26.0 Å². The number of rotatable bonds is 6. The number of fused-ring (bicyclic) bond motifs is 1. The molecule has 1 fully saturated rings. The highest BCUT2D eigenvalue weighted by Crippen LogP contribution is 2.36. The molecule has 132 valence electrons. The number of ether oxygens (including phenoxy) is 1. The van der Waals surface area contributed by atoms with Crippen LogP contribution in [0.15, 0.2) is 42.5 Å². The molecule has 6 nitrogen and oxygen atoms in total. The predicted octanol–water partition coefficient (Wildman–Crippen LogP) is 1.52. The van der Waals surface area contributed by atoms with E-state index in [1.165, 1.54) is 0 Å². The van der Waals surface area contributed by atoms with Crippen molar-refractivity contribution in [2.75, 3.05) is 13.2 Å². The van der Waals surface area contributed by atoms with Gasteiger partial charge in [-0.3, -0.25) is 19.3 Å². The number of amides is 3. The largest absolute Gasteiger partial charge is 0.492 e. The van der Waals surface area contributed by atoms with E-state index in [9.17, 15) is 14.4 Å². The van der Waals surface area contributed by atoms with Crippen LogP contribution in [0.2, 0.25) is 0 Å². The van der Waals surface area contributed by atoms with Crippen molar-refractivity contribution >= 4 is 17.7 Å². The van der Waals surface area contributed by atoms with Crippen LogP contribution in [0.4, 0.5) is 0 Å². The Hall–Kier alpha value is -2.63. The highest BCUT2D eigenvalue weighted by Gasteiger charge is 2.49. The maximum atomic E-state index is 12.5. The zero-order chi connectivity index (χ0) is 17.8. The second-order valence-electron chi connectivity index (χ2n) is 6.33. The van der Waals surface area contributed by atoms with E-state index in [-0.39, 0.29) is 29.6 Å². The number of hydrogen-bond acceptors (Lipinski definition) is 4. The van der Waals surface area contributed by atoms with Crippen LogP contribution in [0.3, 0.4) is 0 Å². The molecule has 0 bridgehead atoms. The Labute approximate surface area is 146 Å². The summed E-state index contributed by atoms with van der Waals surface area (Å²) in [5.74, 6) is -0.704. The van der Waals surface area contributed by atoms with Gasteiger partial charge in [-0.1, -0.05) is 30.4 Å². The molecular weight excluding hydrogens is 320 g/mol. The molecule has 1 aromatic rings. The molecule has 0 saturated carbocycles. The third kappa shape index (κ3) is 3.57. The number of allylic oxidation sites excluding steroid dienone is 2. The Morgan fingerprint density at radius 3 is 2.36 bits per heavy atom. The van der Waals surface area contributed by atoms with Crippen molar-refractivity contribution in [1.29, 1.82) is 0 Å². The lowest BCUT2D eigenvalue weighted by Gasteiger charge is -2.22. The first-order chi connectivity index (χ1) is 12.1. The summed E-state index contributed by atoms with van der Waals surface area (Å²) in [5.41, 5.74) is 0. The Balaban J connectivity index is 1.50. The van der Waals surface area contributed by atoms with Crippen LogP contribution >= 0.6 is 0 Å². The SMILES string of the molecule is C[C@@H](C(=O)NCCOc1ccccc1)N1C(=O)[C@H]2CC=CC[C@H]2C1=O. The first-order valence-electron chi connectivity index (χ1n) is 8.57. The number of nitrogens with zero attached hydrogens (tertiary/aromatic N) is 1. The van der Waals surface area contributed by atoms with Gasteiger partial charge in [0.15, 0.2) is 0 Å². The van der Waals surface area contributed by atoms with Gasteiger partial charge in [-0.15, -0.1) is 0 Å². The third-order valence-corrected chi connectivity index (χ3v) is 4.72. The second-order valence-corrected chi connectivity index (χ2v) is 6.33. The Bertz CT molecular complexity index is 660. The van der Waals surface area contributed by atoms with Crippen molar-refractivity contribution in [3.8, 4) is 5.75 Å². The van der Waals surface area contributed by atoms with E-state index in [4.69, 9.17) is 4.74 Å². The topological polar surface area (TPSA) is 75.7 Å². The molecule has 0 radical (unpaired) electrons. The minimum absolute atomic E-state index is 0.234. The number of likely N-dealkylation sites (tertiary alicyclic amines) is 1. The fourth-order valence-electron chi connectivity index (χ4n) is 3.33. The fourth-order valence-corrected chi connectivity index (χ4v) is 3.33. The van der Waals surface area contributed by atoms with Crippen LogP contribution in [-0.4, -0.2) is 41.8 Å². The summed E-state index contributed by atoms with van der Waals surface area (Å²) < 4.78 is 5.51. The highest BCUT2D eigenvalue weighted by molar-refractivity contribution is 6.08. The van der Waals surface area contributed by atoms with E-state index < -0.39 is 6.04 Å². The standard InChI is InChI=1S/C19H22N2O4/c1-13(17(22)20-11-12-25-14-7-3-2-4-8-14)21-18(23)15-9-5-6-10-16(15)19(21)24/h2-8,13,15-16H,9-12H2,1H3,(H,20,22)/t13-,15-,16+/m0/s1. The van der Waals surface area contributed by atoms with Crippen LogP contribution in [0.25, 0.3) is 0 Å². The summed E-state index contributed by atoms with van der Waals surface area (Å²) in [4.78, 5) is 38.4. The van der Waals surface area contributed by atoms with Crippen LogP contribution < -0.4 is 10.1 Å². The third-order valence-electron chi connectivity index (χ3n) is 4.72. The van der Waals surface area contributed by atoms with Crippen molar-refractivity contribution in [2.45, 2.75) is 25.8 Å². The molecule has 0 aromatic heterocycles. The number of benzene rings is 1. The van der Waals surface area contributed by atoms with Gasteiger partial charge in [0.1, 0.15) is 18.4 Å². The fraction of sp³-hybridized carbons (Fsp3) is 0.421. The van der Waals surface area contributed by atoms with Gasteiger partial charge in [-0.05, 0) is 31.9 Å². The first kappa shape index (κ1) is 17.2. The summed E-state index contributed by atoms with van der Waals surface area (Å²) in [5, 5.41) is 2.73. The van der Waals surface area contributed by atoms with E-state index in [2.05, 4.69) is 5.32 Å². The average Bonchev–Trinajstić information content (AvgIpc) is 2.90. The van der Waals surface area contributed by atoms with Gasteiger partial charge in [0.25, 0.3) is 0 Å². The number of imide groups is 1. The maximum absolute atomic E-state index is 12.5. The zero-order valence-corrected chi connectivity index (χ0v) is 14.2. The number of carbonyl (C=O) groups is 3. The molecular formula is C19H22N2O4. The van der Waals surface area contributed by atoms with Crippen molar-refractivity contribution < 1.29 is 19.1 Å².